The van der Waals surface area contributed by atoms with Crippen molar-refractivity contribution in [2.45, 2.75) is 68.0 Å². The Labute approximate surface area is 391 Å². The van der Waals surface area contributed by atoms with Gasteiger partial charge in [0.15, 0.2) is 0 Å². The average Bonchev–Trinajstić information content (AvgIpc) is 3.97. The molecule has 65 heavy (non-hydrogen) atoms. The van der Waals surface area contributed by atoms with E-state index in [4.69, 9.17) is 21.1 Å². The summed E-state index contributed by atoms with van der Waals surface area (Å²) in [5.74, 6) is -0.413. The molecule has 1 saturated carbocycles. The van der Waals surface area contributed by atoms with Gasteiger partial charge < -0.3 is 4.98 Å². The van der Waals surface area contributed by atoms with Gasteiger partial charge in [0.1, 0.15) is 5.65 Å². The minimum atomic E-state index is -4.53. The second-order valence-corrected chi connectivity index (χ2v) is 23.5. The van der Waals surface area contributed by atoms with Crippen LogP contribution in [-0.2, 0) is 14.8 Å². The van der Waals surface area contributed by atoms with E-state index >= 15 is 0 Å². The summed E-state index contributed by atoms with van der Waals surface area (Å²) in [7, 11) is -4.53. The molecule has 2 aliphatic carbocycles. The number of pyridine rings is 1. The number of hydrogen-bond donors (Lipinski definition) is 2. The molecular weight excluding hydrogens is 929 g/mol. The third-order valence-electron chi connectivity index (χ3n) is 13.3. The monoisotopic (exact) mass is 982 g/mol. The number of H-pyrrole nitrogens is 1. The predicted octanol–water partition coefficient (Wildman–Crippen LogP) is 7.82. The second-order valence-electron chi connectivity index (χ2n) is 18.3. The zero-order valence-electron chi connectivity index (χ0n) is 36.7. The van der Waals surface area contributed by atoms with Crippen molar-refractivity contribution in [3.05, 3.63) is 117 Å². The van der Waals surface area contributed by atoms with Crippen molar-refractivity contribution in [2.75, 3.05) is 63.9 Å². The summed E-state index contributed by atoms with van der Waals surface area (Å²) in [6, 6.07) is 21.4. The van der Waals surface area contributed by atoms with Gasteiger partial charge >= 0.3 is 227 Å². The summed E-state index contributed by atoms with van der Waals surface area (Å²) in [6.45, 7) is 11.9. The molecule has 2 atom stereocenters. The zero-order valence-corrected chi connectivity index (χ0v) is 40.1. The number of fused-ring (bicyclic) bond motifs is 1. The Morgan fingerprint density at radius 3 is 2.57 bits per heavy atom. The van der Waals surface area contributed by atoms with Crippen molar-refractivity contribution in [3.63, 3.8) is 0 Å². The molecule has 1 radical (unpaired) electrons. The molecule has 9 rings (SSSR count). The molecule has 0 spiro atoms. The number of nitro benzene ring substituents is 1. The number of morpholine rings is 1. The predicted molar refractivity (Wildman–Crippen MR) is 254 cm³/mol. The number of nitrogens with zero attached hydrogens (tertiary/aromatic N) is 5. The fraction of sp³-hybridized carbons (Fsp3) is 0.417. The van der Waals surface area contributed by atoms with Crippen LogP contribution >= 0.6 is 11.6 Å². The molecule has 5 aromatic rings. The molecule has 17 heteroatoms. The molecule has 3 fully saturated rings. The number of anilines is 1. The van der Waals surface area contributed by atoms with Crippen LogP contribution in [0.3, 0.4) is 0 Å². The van der Waals surface area contributed by atoms with Crippen molar-refractivity contribution in [1.82, 2.24) is 24.5 Å². The SMILES string of the molecule is CC1(C)CCC(CN2CCN(c3ccc(C(=O)NS(=O)(=O)c4ccc([As][C@H]5CC[C@@H](N6CCOCC6)C5)c([N+](=O)[O-])c4)c(Oc4cnc5[nH]ccc5c4)c3)CC2)=C(c2ccc(Cl)cc2)C1. The van der Waals surface area contributed by atoms with Crippen molar-refractivity contribution in [1.29, 1.82) is 0 Å². The Bertz CT molecular complexity index is 2720. The molecule has 341 valence electrons. The van der Waals surface area contributed by atoms with Gasteiger partial charge in [-0.25, -0.2) is 4.98 Å². The number of rotatable bonds is 13. The molecule has 0 bridgehead atoms. The van der Waals surface area contributed by atoms with Crippen LogP contribution in [0.1, 0.15) is 68.3 Å². The van der Waals surface area contributed by atoms with E-state index in [2.05, 4.69) is 55.4 Å². The van der Waals surface area contributed by atoms with E-state index in [1.165, 1.54) is 22.8 Å². The molecule has 4 aliphatic rings. The molecule has 2 N–H and O–H groups in total. The molecule has 1 amide bonds. The van der Waals surface area contributed by atoms with Crippen LogP contribution in [0.2, 0.25) is 9.73 Å². The second kappa shape index (κ2) is 19.2. The molecular formula is C48H54AsClN7O7S. The van der Waals surface area contributed by atoms with Crippen LogP contribution in [0.4, 0.5) is 11.4 Å². The summed E-state index contributed by atoms with van der Waals surface area (Å²) in [4.78, 5) is 40.2. The van der Waals surface area contributed by atoms with E-state index in [1.54, 1.807) is 42.7 Å². The van der Waals surface area contributed by atoms with Crippen LogP contribution in [0.15, 0.2) is 95.7 Å². The van der Waals surface area contributed by atoms with Gasteiger partial charge in [-0.2, -0.15) is 0 Å². The fourth-order valence-electron chi connectivity index (χ4n) is 9.66. The number of allylic oxidation sites excluding steroid dienone is 1. The van der Waals surface area contributed by atoms with E-state index in [9.17, 15) is 23.3 Å². The molecule has 0 unspecified atom stereocenters. The van der Waals surface area contributed by atoms with E-state index in [0.717, 1.165) is 120 Å². The van der Waals surface area contributed by atoms with Crippen LogP contribution in [0.25, 0.3) is 16.6 Å². The van der Waals surface area contributed by atoms with E-state index in [0.29, 0.717) is 26.5 Å². The number of ether oxygens (including phenoxy) is 2. The summed E-state index contributed by atoms with van der Waals surface area (Å²) in [5, 5.41) is 13.9. The fourth-order valence-corrected chi connectivity index (χ4v) is 13.8. The summed E-state index contributed by atoms with van der Waals surface area (Å²) in [6.07, 6.45) is 9.50. The maximum atomic E-state index is 14.0. The van der Waals surface area contributed by atoms with E-state index < -0.39 is 36.6 Å². The van der Waals surface area contributed by atoms with Gasteiger partial charge in [-0.1, -0.05) is 43.2 Å². The number of nitro groups is 1. The van der Waals surface area contributed by atoms with Gasteiger partial charge in [-0.05, 0) is 54.0 Å². The topological polar surface area (TPSA) is 163 Å². The Hall–Kier alpha value is -4.76. The summed E-state index contributed by atoms with van der Waals surface area (Å²) < 4.78 is 42.6. The van der Waals surface area contributed by atoms with Crippen LogP contribution in [0.5, 0.6) is 11.5 Å². The first-order valence-electron chi connectivity index (χ1n) is 22.3. The number of halogens is 1. The quantitative estimate of drug-likeness (QED) is 0.0672. The molecule has 2 aromatic heterocycles. The zero-order chi connectivity index (χ0) is 45.3. The number of piperazine rings is 1. The summed E-state index contributed by atoms with van der Waals surface area (Å²) in [5.41, 5.74) is 5.59. The maximum Gasteiger partial charge on any atom is 0.0406 e. The third-order valence-corrected chi connectivity index (χ3v) is 18.0. The minimum absolute atomic E-state index is 0.0146. The first kappa shape index (κ1) is 45.4. The van der Waals surface area contributed by atoms with Gasteiger partial charge in [-0.15, -0.1) is 0 Å². The average molecular weight is 983 g/mol. The number of benzene rings is 3. The van der Waals surface area contributed by atoms with Gasteiger partial charge in [0.05, 0.1) is 0 Å². The van der Waals surface area contributed by atoms with Gasteiger partial charge in [0, 0.05) is 49.3 Å². The van der Waals surface area contributed by atoms with Crippen molar-refractivity contribution < 1.29 is 27.6 Å². The van der Waals surface area contributed by atoms with Gasteiger partial charge in [0.2, 0.25) is 0 Å². The normalized spacial score (nSPS) is 21.1. The van der Waals surface area contributed by atoms with Crippen molar-refractivity contribution >= 4 is 75.6 Å². The number of carbonyl (C=O) groups is 1. The Kier molecular flexibility index (Phi) is 13.4. The maximum absolute atomic E-state index is 14.0. The van der Waals surface area contributed by atoms with Crippen molar-refractivity contribution in [3.8, 4) is 11.5 Å². The van der Waals surface area contributed by atoms with Crippen LogP contribution < -0.4 is 18.7 Å². The van der Waals surface area contributed by atoms with Gasteiger partial charge in [0.25, 0.3) is 0 Å². The minimum Gasteiger partial charge on any atom is -0.0843 e. The smallest absolute Gasteiger partial charge is 0.0406 e. The first-order valence-corrected chi connectivity index (χ1v) is 26.2. The molecule has 14 nitrogen and oxygen atoms in total. The molecule has 2 saturated heterocycles. The number of amides is 1. The molecule has 2 aliphatic heterocycles. The van der Waals surface area contributed by atoms with E-state index in [-0.39, 0.29) is 27.3 Å². The molecule has 4 heterocycles. The van der Waals surface area contributed by atoms with Gasteiger partial charge in [-0.3, -0.25) is 4.90 Å². The Morgan fingerprint density at radius 1 is 1.02 bits per heavy atom. The number of nitrogens with one attached hydrogen (secondary N) is 2. The Morgan fingerprint density at radius 2 is 1.80 bits per heavy atom. The number of sulfonamides is 1. The standard InChI is InChI=1S/C48H54AsClN7O7S/c1-48(2)15-13-34(42(29-48)32-3-6-36(50)7-4-32)31-54-17-19-55(20-18-54)38-9-11-41(45(27-38)64-39-25-33-14-16-51-46(33)52-30-39)47(58)53-65(61,62)40-10-12-43(44(28-40)57(59)60)49-35-5-8-37(26-35)56-21-23-63-24-22-56/h3-4,6-7,9-12,14,16,25,27-28,30,35,37H,5,8,13,15,17-24,26,29,31H2,1-2H3,(H,51,52)(H,53,58)/t35-,37+/m0/s1. The van der Waals surface area contributed by atoms with Crippen molar-refractivity contribution in [2.24, 2.45) is 5.41 Å². The first-order chi connectivity index (χ1) is 31.3. The largest absolute Gasteiger partial charge is 0.0843 e. The van der Waals surface area contributed by atoms with Crippen LogP contribution in [0, 0.1) is 15.5 Å². The summed E-state index contributed by atoms with van der Waals surface area (Å²) >= 11 is 5.66. The van der Waals surface area contributed by atoms with Crippen LogP contribution in [-0.4, -0.2) is 120 Å². The van der Waals surface area contributed by atoms with E-state index in [1.807, 2.05) is 18.2 Å². The Balaban J connectivity index is 0.915. The number of aromatic amines is 1. The number of hydrogen-bond acceptors (Lipinski definition) is 11. The number of carbonyl (C=O) groups excluding carboxylic acids is 1. The number of aromatic nitrogens is 2. The molecule has 3 aromatic carbocycles. The third kappa shape index (κ3) is 10.6.